The molecule has 11 heavy (non-hydrogen) atoms. The summed E-state index contributed by atoms with van der Waals surface area (Å²) in [5, 5.41) is 0.666. The molecule has 0 bridgehead atoms. The van der Waals surface area contributed by atoms with Crippen molar-refractivity contribution in [3.05, 3.63) is 12.2 Å². The Labute approximate surface area is 64.6 Å². The lowest BCUT2D eigenvalue weighted by atomic mass is 10.0. The number of nitrogens with two attached hydrogens (primary N) is 1. The number of carbonyl (C=O) groups excluding carboxylic acids is 2. The molecule has 0 saturated carbocycles. The van der Waals surface area contributed by atoms with Crippen molar-refractivity contribution in [3.8, 4) is 0 Å². The van der Waals surface area contributed by atoms with E-state index in [0.717, 1.165) is 0 Å². The van der Waals surface area contributed by atoms with Crippen molar-refractivity contribution in [2.45, 2.75) is 13.3 Å². The second-order valence-corrected chi connectivity index (χ2v) is 2.71. The lowest BCUT2D eigenvalue weighted by molar-refractivity contribution is -0.139. The van der Waals surface area contributed by atoms with Gasteiger partial charge in [0.2, 0.25) is 5.91 Å². The highest BCUT2D eigenvalue weighted by atomic mass is 16.2. The van der Waals surface area contributed by atoms with Gasteiger partial charge in [0.1, 0.15) is 0 Å². The van der Waals surface area contributed by atoms with E-state index in [9.17, 15) is 9.59 Å². The molecule has 60 valence electrons. The number of imide groups is 1. The first-order valence-electron chi connectivity index (χ1n) is 3.31. The predicted octanol–water partition coefficient (Wildman–Crippen LogP) is -0.189. The number of hydrazine groups is 1. The average Bonchev–Trinajstić information content (AvgIpc) is 2.17. The Kier molecular flexibility index (Phi) is 1.78. The van der Waals surface area contributed by atoms with Gasteiger partial charge in [-0.05, 0) is 6.92 Å². The van der Waals surface area contributed by atoms with Gasteiger partial charge in [0, 0.05) is 6.42 Å². The summed E-state index contributed by atoms with van der Waals surface area (Å²) in [6.45, 7) is 5.32. The summed E-state index contributed by atoms with van der Waals surface area (Å²) < 4.78 is 0. The fourth-order valence-corrected chi connectivity index (χ4v) is 1.04. The Hall–Kier alpha value is -1.16. The smallest absolute Gasteiger partial charge is 0.251 e. The number of hydrogen-bond donors (Lipinski definition) is 1. The van der Waals surface area contributed by atoms with Crippen LogP contribution >= 0.6 is 0 Å². The first-order chi connectivity index (χ1) is 5.04. The zero-order chi connectivity index (χ0) is 8.59. The number of carbonyl (C=O) groups is 2. The molecule has 1 rings (SSSR count). The van der Waals surface area contributed by atoms with Crippen molar-refractivity contribution in [1.29, 1.82) is 0 Å². The molecular formula is C7H10N2O2. The lowest BCUT2D eigenvalue weighted by Crippen LogP contribution is -2.37. The average molecular weight is 154 g/mol. The van der Waals surface area contributed by atoms with Crippen LogP contribution in [0.5, 0.6) is 0 Å². The molecule has 0 spiro atoms. The largest absolute Gasteiger partial charge is 0.273 e. The van der Waals surface area contributed by atoms with Gasteiger partial charge in [-0.3, -0.25) is 9.59 Å². The second-order valence-electron chi connectivity index (χ2n) is 2.71. The van der Waals surface area contributed by atoms with Gasteiger partial charge in [0.25, 0.3) is 5.91 Å². The zero-order valence-corrected chi connectivity index (χ0v) is 6.33. The molecule has 1 fully saturated rings. The van der Waals surface area contributed by atoms with Crippen LogP contribution in [-0.2, 0) is 9.59 Å². The number of hydrogen-bond acceptors (Lipinski definition) is 3. The van der Waals surface area contributed by atoms with Gasteiger partial charge in [-0.2, -0.15) is 0 Å². The van der Waals surface area contributed by atoms with Crippen LogP contribution in [0.3, 0.4) is 0 Å². The number of nitrogens with zero attached hydrogens (tertiary/aromatic N) is 1. The van der Waals surface area contributed by atoms with Crippen molar-refractivity contribution in [2.75, 3.05) is 0 Å². The Bertz CT molecular complexity index is 235. The van der Waals surface area contributed by atoms with Gasteiger partial charge in [0.15, 0.2) is 0 Å². The summed E-state index contributed by atoms with van der Waals surface area (Å²) in [6.07, 6.45) is 0.171. The third-order valence-electron chi connectivity index (χ3n) is 1.78. The fourth-order valence-electron chi connectivity index (χ4n) is 1.04. The molecule has 1 heterocycles. The summed E-state index contributed by atoms with van der Waals surface area (Å²) in [4.78, 5) is 21.9. The topological polar surface area (TPSA) is 63.4 Å². The fraction of sp³-hybridized carbons (Fsp3) is 0.429. The normalized spacial score (nSPS) is 24.5. The third kappa shape index (κ3) is 1.17. The summed E-state index contributed by atoms with van der Waals surface area (Å²) in [7, 11) is 0. The lowest BCUT2D eigenvalue weighted by Gasteiger charge is -2.06. The van der Waals surface area contributed by atoms with E-state index < -0.39 is 5.92 Å². The summed E-state index contributed by atoms with van der Waals surface area (Å²) >= 11 is 0. The van der Waals surface area contributed by atoms with Crippen molar-refractivity contribution < 1.29 is 9.59 Å². The van der Waals surface area contributed by atoms with Gasteiger partial charge < -0.3 is 0 Å². The van der Waals surface area contributed by atoms with E-state index in [1.807, 2.05) is 0 Å². The predicted molar refractivity (Wildman–Crippen MR) is 39.0 cm³/mol. The van der Waals surface area contributed by atoms with E-state index in [1.54, 1.807) is 6.92 Å². The summed E-state index contributed by atoms with van der Waals surface area (Å²) in [6, 6.07) is 0. The van der Waals surface area contributed by atoms with Gasteiger partial charge in [-0.1, -0.05) is 12.2 Å². The number of amides is 2. The molecule has 1 unspecified atom stereocenters. The molecule has 1 atom stereocenters. The number of rotatable bonds is 1. The minimum Gasteiger partial charge on any atom is -0.273 e. The van der Waals surface area contributed by atoms with Crippen molar-refractivity contribution in [1.82, 2.24) is 5.01 Å². The Morgan fingerprint density at radius 2 is 2.27 bits per heavy atom. The molecule has 0 radical (unpaired) electrons. The van der Waals surface area contributed by atoms with Gasteiger partial charge in [-0.15, -0.1) is 0 Å². The van der Waals surface area contributed by atoms with Crippen LogP contribution in [0.15, 0.2) is 12.2 Å². The van der Waals surface area contributed by atoms with Gasteiger partial charge in [-0.25, -0.2) is 10.9 Å². The van der Waals surface area contributed by atoms with Crippen molar-refractivity contribution in [3.63, 3.8) is 0 Å². The minimum atomic E-state index is -0.396. The highest BCUT2D eigenvalue weighted by molar-refractivity contribution is 6.04. The highest BCUT2D eigenvalue weighted by Crippen LogP contribution is 2.22. The van der Waals surface area contributed by atoms with E-state index in [-0.39, 0.29) is 18.2 Å². The Morgan fingerprint density at radius 3 is 2.45 bits per heavy atom. The van der Waals surface area contributed by atoms with Crippen LogP contribution in [0.2, 0.25) is 0 Å². The molecule has 1 saturated heterocycles. The van der Waals surface area contributed by atoms with E-state index in [1.165, 1.54) is 0 Å². The van der Waals surface area contributed by atoms with Gasteiger partial charge >= 0.3 is 0 Å². The highest BCUT2D eigenvalue weighted by Gasteiger charge is 2.36. The SMILES string of the molecule is C=C(C)C1CC(=O)N(N)C1=O. The van der Waals surface area contributed by atoms with E-state index in [2.05, 4.69) is 6.58 Å². The van der Waals surface area contributed by atoms with Crippen molar-refractivity contribution in [2.24, 2.45) is 11.8 Å². The van der Waals surface area contributed by atoms with E-state index >= 15 is 0 Å². The molecule has 1 aliphatic rings. The molecule has 2 N–H and O–H groups in total. The molecule has 0 aromatic rings. The first-order valence-corrected chi connectivity index (χ1v) is 3.31. The van der Waals surface area contributed by atoms with Crippen LogP contribution in [0, 0.1) is 5.92 Å². The molecule has 2 amide bonds. The molecule has 0 aromatic carbocycles. The van der Waals surface area contributed by atoms with E-state index in [0.29, 0.717) is 10.6 Å². The Morgan fingerprint density at radius 1 is 1.73 bits per heavy atom. The van der Waals surface area contributed by atoms with Crippen LogP contribution in [-0.4, -0.2) is 16.8 Å². The minimum absolute atomic E-state index is 0.171. The van der Waals surface area contributed by atoms with Crippen LogP contribution in [0.4, 0.5) is 0 Å². The molecule has 1 aliphatic heterocycles. The molecule has 0 aliphatic carbocycles. The molecule has 4 nitrogen and oxygen atoms in total. The monoisotopic (exact) mass is 154 g/mol. The molecule has 0 aromatic heterocycles. The van der Waals surface area contributed by atoms with Gasteiger partial charge in [0.05, 0.1) is 5.92 Å². The first kappa shape index (κ1) is 7.94. The van der Waals surface area contributed by atoms with Crippen LogP contribution in [0.1, 0.15) is 13.3 Å². The standard InChI is InChI=1S/C7H10N2O2/c1-4(2)5-3-6(10)9(8)7(5)11/h5H,1,3,8H2,2H3. The maximum absolute atomic E-state index is 11.1. The quantitative estimate of drug-likeness (QED) is 0.246. The molecular weight excluding hydrogens is 144 g/mol. The van der Waals surface area contributed by atoms with Crippen LogP contribution in [0.25, 0.3) is 0 Å². The second kappa shape index (κ2) is 2.47. The maximum Gasteiger partial charge on any atom is 0.251 e. The summed E-state index contributed by atoms with van der Waals surface area (Å²) in [5.41, 5.74) is 0.691. The Balaban J connectivity index is 2.83. The van der Waals surface area contributed by atoms with Crippen molar-refractivity contribution >= 4 is 11.8 Å². The zero-order valence-electron chi connectivity index (χ0n) is 6.33. The molecule has 4 heteroatoms. The van der Waals surface area contributed by atoms with E-state index in [4.69, 9.17) is 5.84 Å². The van der Waals surface area contributed by atoms with Crippen LogP contribution < -0.4 is 5.84 Å². The summed E-state index contributed by atoms with van der Waals surface area (Å²) in [5.74, 6) is 4.07. The third-order valence-corrected chi connectivity index (χ3v) is 1.78. The maximum atomic E-state index is 11.1.